The van der Waals surface area contributed by atoms with Crippen molar-refractivity contribution in [3.05, 3.63) is 29.0 Å². The second-order valence-electron chi connectivity index (χ2n) is 4.84. The van der Waals surface area contributed by atoms with Gasteiger partial charge in [0.1, 0.15) is 5.82 Å². The molecule has 0 aromatic heterocycles. The monoisotopic (exact) mass is 350 g/mol. The van der Waals surface area contributed by atoms with E-state index in [1.54, 1.807) is 0 Å². The summed E-state index contributed by atoms with van der Waals surface area (Å²) < 4.78 is 39.0. The van der Waals surface area contributed by atoms with Crippen molar-refractivity contribution in [2.75, 3.05) is 23.7 Å². The quantitative estimate of drug-likeness (QED) is 0.783. The van der Waals surface area contributed by atoms with E-state index in [0.717, 1.165) is 6.42 Å². The van der Waals surface area contributed by atoms with Crippen molar-refractivity contribution < 1.29 is 17.6 Å². The maximum absolute atomic E-state index is 13.2. The molecule has 0 saturated carbocycles. The Hall–Kier alpha value is -1.18. The average Bonchev–Trinajstić information content (AvgIpc) is 2.44. The Balaban J connectivity index is 2.70. The minimum absolute atomic E-state index is 0.0615. The van der Waals surface area contributed by atoms with Crippen LogP contribution >= 0.6 is 11.6 Å². The molecule has 0 spiro atoms. The molecule has 22 heavy (non-hydrogen) atoms. The molecule has 0 aliphatic rings. The number of halogens is 2. The summed E-state index contributed by atoms with van der Waals surface area (Å²) in [7, 11) is -3.34. The Bertz CT molecular complexity index is 623. The summed E-state index contributed by atoms with van der Waals surface area (Å²) in [5.41, 5.74) is 0.423. The van der Waals surface area contributed by atoms with Crippen molar-refractivity contribution in [1.82, 2.24) is 4.72 Å². The molecular formula is C14H20ClFN2O3S. The molecule has 1 rings (SSSR count). The molecule has 0 saturated heterocycles. The number of sulfonamides is 1. The van der Waals surface area contributed by atoms with Crippen LogP contribution in [-0.4, -0.2) is 33.2 Å². The standard InChI is InChI=1S/C14H20ClFN2O3S/c1-3-4-9-22(20,21)17-7-8-18(11(2)19)12-5-6-14(16)13(15)10-12/h5-6,10,17H,3-4,7-9H2,1-2H3. The maximum atomic E-state index is 13.2. The first-order valence-electron chi connectivity index (χ1n) is 6.97. The van der Waals surface area contributed by atoms with E-state index in [1.807, 2.05) is 6.92 Å². The van der Waals surface area contributed by atoms with Gasteiger partial charge in [0.25, 0.3) is 0 Å². The predicted molar refractivity (Wildman–Crippen MR) is 86.1 cm³/mol. The average molecular weight is 351 g/mol. The molecule has 0 aliphatic carbocycles. The van der Waals surface area contributed by atoms with Crippen LogP contribution in [-0.2, 0) is 14.8 Å². The van der Waals surface area contributed by atoms with Gasteiger partial charge in [-0.2, -0.15) is 0 Å². The van der Waals surface area contributed by atoms with E-state index < -0.39 is 15.8 Å². The van der Waals surface area contributed by atoms with Crippen LogP contribution in [0, 0.1) is 5.82 Å². The lowest BCUT2D eigenvalue weighted by Gasteiger charge is -2.21. The summed E-state index contributed by atoms with van der Waals surface area (Å²) in [4.78, 5) is 13.0. The number of amides is 1. The zero-order chi connectivity index (χ0) is 16.8. The first-order valence-corrected chi connectivity index (χ1v) is 9.00. The third-order valence-electron chi connectivity index (χ3n) is 3.02. The first kappa shape index (κ1) is 18.9. The summed E-state index contributed by atoms with van der Waals surface area (Å²) >= 11 is 5.70. The number of nitrogens with zero attached hydrogens (tertiary/aromatic N) is 1. The highest BCUT2D eigenvalue weighted by Gasteiger charge is 2.15. The molecule has 0 unspecified atom stereocenters. The van der Waals surface area contributed by atoms with Gasteiger partial charge in [0, 0.05) is 25.7 Å². The number of nitrogens with one attached hydrogen (secondary N) is 1. The normalized spacial score (nSPS) is 11.5. The third kappa shape index (κ3) is 5.90. The number of rotatable bonds is 8. The number of hydrogen-bond acceptors (Lipinski definition) is 3. The molecule has 1 aromatic rings. The number of anilines is 1. The summed E-state index contributed by atoms with van der Waals surface area (Å²) in [6.07, 6.45) is 1.37. The topological polar surface area (TPSA) is 66.5 Å². The first-order chi connectivity index (χ1) is 10.3. The molecule has 0 bridgehead atoms. The fourth-order valence-electron chi connectivity index (χ4n) is 1.84. The van der Waals surface area contributed by atoms with Crippen LogP contribution in [0.3, 0.4) is 0 Å². The Labute approximate surface area is 135 Å². The van der Waals surface area contributed by atoms with Gasteiger partial charge in [0.2, 0.25) is 15.9 Å². The van der Waals surface area contributed by atoms with E-state index in [0.29, 0.717) is 12.1 Å². The lowest BCUT2D eigenvalue weighted by molar-refractivity contribution is -0.116. The number of carbonyl (C=O) groups is 1. The second-order valence-corrected chi connectivity index (χ2v) is 7.17. The summed E-state index contributed by atoms with van der Waals surface area (Å²) in [5.74, 6) is -0.795. The molecule has 124 valence electrons. The van der Waals surface area contributed by atoms with Gasteiger partial charge in [-0.25, -0.2) is 17.5 Å². The van der Waals surface area contributed by atoms with Gasteiger partial charge in [-0.1, -0.05) is 24.9 Å². The summed E-state index contributed by atoms with van der Waals surface area (Å²) in [6.45, 7) is 3.48. The Morgan fingerprint density at radius 3 is 2.64 bits per heavy atom. The van der Waals surface area contributed by atoms with Gasteiger partial charge >= 0.3 is 0 Å². The van der Waals surface area contributed by atoms with Gasteiger partial charge in [-0.3, -0.25) is 4.79 Å². The zero-order valence-corrected chi connectivity index (χ0v) is 14.2. The second kappa shape index (κ2) is 8.45. The van der Waals surface area contributed by atoms with Crippen molar-refractivity contribution in [3.8, 4) is 0 Å². The van der Waals surface area contributed by atoms with E-state index in [9.17, 15) is 17.6 Å². The van der Waals surface area contributed by atoms with Crippen molar-refractivity contribution in [1.29, 1.82) is 0 Å². The highest BCUT2D eigenvalue weighted by Crippen LogP contribution is 2.22. The highest BCUT2D eigenvalue weighted by atomic mass is 35.5. The minimum Gasteiger partial charge on any atom is -0.311 e. The number of benzene rings is 1. The predicted octanol–water partition coefficient (Wildman–Crippen LogP) is 2.55. The van der Waals surface area contributed by atoms with Crippen LogP contribution in [0.4, 0.5) is 10.1 Å². The van der Waals surface area contributed by atoms with E-state index in [-0.39, 0.29) is 29.8 Å². The minimum atomic E-state index is -3.34. The number of carbonyl (C=O) groups excluding carboxylic acids is 1. The van der Waals surface area contributed by atoms with Gasteiger partial charge in [0.05, 0.1) is 10.8 Å². The fourth-order valence-corrected chi connectivity index (χ4v) is 3.23. The lowest BCUT2D eigenvalue weighted by atomic mass is 10.2. The SMILES string of the molecule is CCCCS(=O)(=O)NCCN(C(C)=O)c1ccc(F)c(Cl)c1. The van der Waals surface area contributed by atoms with Crippen molar-refractivity contribution >= 4 is 33.2 Å². The Morgan fingerprint density at radius 2 is 2.09 bits per heavy atom. The largest absolute Gasteiger partial charge is 0.311 e. The van der Waals surface area contributed by atoms with Crippen LogP contribution in [0.1, 0.15) is 26.7 Å². The molecule has 1 aromatic carbocycles. The van der Waals surface area contributed by atoms with E-state index in [2.05, 4.69) is 4.72 Å². The lowest BCUT2D eigenvalue weighted by Crippen LogP contribution is -2.38. The highest BCUT2D eigenvalue weighted by molar-refractivity contribution is 7.89. The van der Waals surface area contributed by atoms with Crippen molar-refractivity contribution in [2.24, 2.45) is 0 Å². The van der Waals surface area contributed by atoms with E-state index >= 15 is 0 Å². The van der Waals surface area contributed by atoms with Crippen LogP contribution in [0.5, 0.6) is 0 Å². The van der Waals surface area contributed by atoms with Crippen LogP contribution in [0.15, 0.2) is 18.2 Å². The van der Waals surface area contributed by atoms with Gasteiger partial charge in [-0.15, -0.1) is 0 Å². The zero-order valence-electron chi connectivity index (χ0n) is 12.6. The van der Waals surface area contributed by atoms with Crippen LogP contribution in [0.2, 0.25) is 5.02 Å². The van der Waals surface area contributed by atoms with Crippen molar-refractivity contribution in [3.63, 3.8) is 0 Å². The smallest absolute Gasteiger partial charge is 0.223 e. The number of hydrogen-bond donors (Lipinski definition) is 1. The molecular weight excluding hydrogens is 331 g/mol. The molecule has 0 aliphatic heterocycles. The number of unbranched alkanes of at least 4 members (excludes halogenated alkanes) is 1. The van der Waals surface area contributed by atoms with E-state index in [4.69, 9.17) is 11.6 Å². The molecule has 1 N–H and O–H groups in total. The summed E-state index contributed by atoms with van der Waals surface area (Å²) in [5, 5.41) is -0.0905. The maximum Gasteiger partial charge on any atom is 0.223 e. The fraction of sp³-hybridized carbons (Fsp3) is 0.500. The molecule has 0 atom stereocenters. The third-order valence-corrected chi connectivity index (χ3v) is 4.78. The molecule has 0 radical (unpaired) electrons. The van der Waals surface area contributed by atoms with Gasteiger partial charge < -0.3 is 4.90 Å². The van der Waals surface area contributed by atoms with E-state index in [1.165, 1.54) is 30.0 Å². The van der Waals surface area contributed by atoms with Crippen LogP contribution < -0.4 is 9.62 Å². The Morgan fingerprint density at radius 1 is 1.41 bits per heavy atom. The van der Waals surface area contributed by atoms with Gasteiger partial charge in [-0.05, 0) is 24.6 Å². The van der Waals surface area contributed by atoms with Crippen molar-refractivity contribution in [2.45, 2.75) is 26.7 Å². The Kier molecular flexibility index (Phi) is 7.25. The summed E-state index contributed by atoms with van der Waals surface area (Å²) in [6, 6.07) is 3.93. The van der Waals surface area contributed by atoms with Gasteiger partial charge in [0.15, 0.2) is 0 Å². The molecule has 8 heteroatoms. The molecule has 5 nitrogen and oxygen atoms in total. The van der Waals surface area contributed by atoms with Crippen LogP contribution in [0.25, 0.3) is 0 Å². The molecule has 0 heterocycles. The molecule has 0 fully saturated rings. The molecule has 1 amide bonds.